The van der Waals surface area contributed by atoms with Gasteiger partial charge in [-0.05, 0) is 7.05 Å². The lowest BCUT2D eigenvalue weighted by molar-refractivity contribution is -0.136. The van der Waals surface area contributed by atoms with Gasteiger partial charge in [0.15, 0.2) is 5.82 Å². The zero-order valence-electron chi connectivity index (χ0n) is 12.2. The Hall–Kier alpha value is -1.93. The summed E-state index contributed by atoms with van der Waals surface area (Å²) in [7, 11) is 1.79. The minimum absolute atomic E-state index is 0.00876. The highest BCUT2D eigenvalue weighted by Crippen LogP contribution is 2.05. The summed E-state index contributed by atoms with van der Waals surface area (Å²) < 4.78 is 6.74. The number of amides is 2. The van der Waals surface area contributed by atoms with E-state index in [4.69, 9.17) is 4.74 Å². The normalized spacial score (nSPS) is 15.0. The number of nitrogens with zero attached hydrogens (tertiary/aromatic N) is 3. The quantitative estimate of drug-likeness (QED) is 0.724. The van der Waals surface area contributed by atoms with Crippen molar-refractivity contribution < 1.29 is 14.3 Å². The molecule has 0 radical (unpaired) electrons. The average Bonchev–Trinajstić information content (AvgIpc) is 2.93. The van der Waals surface area contributed by atoms with Crippen LogP contribution in [0.25, 0.3) is 0 Å². The third-order valence-electron chi connectivity index (χ3n) is 3.17. The van der Waals surface area contributed by atoms with Crippen LogP contribution in [0.1, 0.15) is 6.42 Å². The van der Waals surface area contributed by atoms with Crippen LogP contribution in [0.4, 0.5) is 5.82 Å². The maximum absolute atomic E-state index is 12.1. The molecular weight excluding hydrogens is 274 g/mol. The van der Waals surface area contributed by atoms with Crippen LogP contribution in [0.5, 0.6) is 0 Å². The highest BCUT2D eigenvalue weighted by atomic mass is 16.5. The van der Waals surface area contributed by atoms with Crippen molar-refractivity contribution in [2.24, 2.45) is 0 Å². The highest BCUT2D eigenvalue weighted by molar-refractivity contribution is 5.89. The molecule has 2 N–H and O–H groups in total. The van der Waals surface area contributed by atoms with Gasteiger partial charge in [-0.3, -0.25) is 14.3 Å². The molecule has 116 valence electrons. The lowest BCUT2D eigenvalue weighted by Crippen LogP contribution is -2.42. The molecule has 0 aromatic carbocycles. The monoisotopic (exact) mass is 295 g/mol. The number of rotatable bonds is 6. The third kappa shape index (κ3) is 4.83. The van der Waals surface area contributed by atoms with E-state index in [1.165, 1.54) is 4.68 Å². The van der Waals surface area contributed by atoms with Gasteiger partial charge in [-0.2, -0.15) is 5.10 Å². The van der Waals surface area contributed by atoms with Crippen LogP contribution in [-0.2, 0) is 20.9 Å². The summed E-state index contributed by atoms with van der Waals surface area (Å²) in [5.74, 6) is 0.370. The van der Waals surface area contributed by atoms with Crippen LogP contribution in [0.2, 0.25) is 0 Å². The number of hydrogen-bond acceptors (Lipinski definition) is 5. The van der Waals surface area contributed by atoms with Crippen LogP contribution in [0.15, 0.2) is 12.3 Å². The van der Waals surface area contributed by atoms with E-state index in [1.54, 1.807) is 24.2 Å². The van der Waals surface area contributed by atoms with Gasteiger partial charge < -0.3 is 20.3 Å². The Balaban J connectivity index is 1.82. The Morgan fingerprint density at radius 2 is 2.14 bits per heavy atom. The maximum Gasteiger partial charge on any atom is 0.244 e. The second-order valence-corrected chi connectivity index (χ2v) is 4.79. The van der Waals surface area contributed by atoms with Crippen molar-refractivity contribution in [3.63, 3.8) is 0 Å². The molecule has 2 rings (SSSR count). The SMILES string of the molecule is CNCCC(=O)Nc1ccn(CC(=O)N2CCOCC2)n1. The Morgan fingerprint density at radius 3 is 2.86 bits per heavy atom. The minimum Gasteiger partial charge on any atom is -0.378 e. The number of morpholine rings is 1. The van der Waals surface area contributed by atoms with Gasteiger partial charge in [-0.25, -0.2) is 0 Å². The van der Waals surface area contributed by atoms with E-state index >= 15 is 0 Å². The smallest absolute Gasteiger partial charge is 0.244 e. The molecule has 2 amide bonds. The zero-order valence-corrected chi connectivity index (χ0v) is 12.2. The molecule has 1 saturated heterocycles. The van der Waals surface area contributed by atoms with E-state index in [0.717, 1.165) is 0 Å². The van der Waals surface area contributed by atoms with Crippen LogP contribution in [-0.4, -0.2) is 66.4 Å². The van der Waals surface area contributed by atoms with Crippen molar-refractivity contribution in [1.82, 2.24) is 20.0 Å². The zero-order chi connectivity index (χ0) is 15.1. The molecule has 21 heavy (non-hydrogen) atoms. The van der Waals surface area contributed by atoms with Crippen LogP contribution in [0.3, 0.4) is 0 Å². The first kappa shape index (κ1) is 15.5. The van der Waals surface area contributed by atoms with E-state index in [0.29, 0.717) is 45.1 Å². The van der Waals surface area contributed by atoms with Gasteiger partial charge in [0.05, 0.1) is 13.2 Å². The van der Waals surface area contributed by atoms with Crippen molar-refractivity contribution in [3.8, 4) is 0 Å². The van der Waals surface area contributed by atoms with Crippen molar-refractivity contribution in [2.45, 2.75) is 13.0 Å². The molecule has 0 atom stereocenters. The lowest BCUT2D eigenvalue weighted by atomic mass is 10.4. The van der Waals surface area contributed by atoms with E-state index in [9.17, 15) is 9.59 Å². The number of anilines is 1. The molecule has 8 nitrogen and oxygen atoms in total. The fourth-order valence-corrected chi connectivity index (χ4v) is 2.01. The standard InChI is InChI=1S/C13H21N5O3/c1-14-4-2-12(19)15-11-3-5-18(16-11)10-13(20)17-6-8-21-9-7-17/h3,5,14H,2,4,6-10H2,1H3,(H,15,16,19). The molecule has 1 aliphatic rings. The summed E-state index contributed by atoms with van der Waals surface area (Å²) in [6.45, 7) is 3.19. The molecule has 0 saturated carbocycles. The van der Waals surface area contributed by atoms with Gasteiger partial charge in [0.1, 0.15) is 6.54 Å². The van der Waals surface area contributed by atoms with Gasteiger partial charge in [0.2, 0.25) is 11.8 Å². The minimum atomic E-state index is -0.103. The van der Waals surface area contributed by atoms with Crippen molar-refractivity contribution in [1.29, 1.82) is 0 Å². The summed E-state index contributed by atoms with van der Waals surface area (Å²) in [4.78, 5) is 25.4. The van der Waals surface area contributed by atoms with Crippen molar-refractivity contribution in [2.75, 3.05) is 45.2 Å². The van der Waals surface area contributed by atoms with E-state index in [-0.39, 0.29) is 18.4 Å². The Labute approximate surface area is 123 Å². The van der Waals surface area contributed by atoms with Crippen LogP contribution < -0.4 is 10.6 Å². The molecule has 8 heteroatoms. The third-order valence-corrected chi connectivity index (χ3v) is 3.17. The first-order valence-corrected chi connectivity index (χ1v) is 7.02. The van der Waals surface area contributed by atoms with Gasteiger partial charge in [-0.15, -0.1) is 0 Å². The molecule has 0 spiro atoms. The summed E-state index contributed by atoms with van der Waals surface area (Å²) in [6, 6.07) is 1.68. The van der Waals surface area contributed by atoms with Crippen LogP contribution >= 0.6 is 0 Å². The molecule has 1 fully saturated rings. The summed E-state index contributed by atoms with van der Waals surface area (Å²) in [5, 5.41) is 9.78. The molecule has 1 aromatic heterocycles. The summed E-state index contributed by atoms with van der Waals surface area (Å²) in [6.07, 6.45) is 2.07. The first-order valence-electron chi connectivity index (χ1n) is 7.02. The first-order chi connectivity index (χ1) is 10.2. The van der Waals surface area contributed by atoms with Gasteiger partial charge in [0, 0.05) is 38.3 Å². The maximum atomic E-state index is 12.1. The highest BCUT2D eigenvalue weighted by Gasteiger charge is 2.17. The number of hydrogen-bond donors (Lipinski definition) is 2. The van der Waals surface area contributed by atoms with Crippen molar-refractivity contribution in [3.05, 3.63) is 12.3 Å². The van der Waals surface area contributed by atoms with E-state index in [1.807, 2.05) is 0 Å². The Kier molecular flexibility index (Phi) is 5.70. The number of aromatic nitrogens is 2. The predicted octanol–water partition coefficient (Wildman–Crippen LogP) is -0.710. The molecular formula is C13H21N5O3. The number of carbonyl (C=O) groups excluding carboxylic acids is 2. The Morgan fingerprint density at radius 1 is 1.38 bits per heavy atom. The molecule has 1 aromatic rings. The van der Waals surface area contributed by atoms with Gasteiger partial charge in [-0.1, -0.05) is 0 Å². The molecule has 0 unspecified atom stereocenters. The largest absolute Gasteiger partial charge is 0.378 e. The molecule has 2 heterocycles. The fourth-order valence-electron chi connectivity index (χ4n) is 2.01. The fraction of sp³-hybridized carbons (Fsp3) is 0.615. The molecule has 0 aliphatic carbocycles. The summed E-state index contributed by atoms with van der Waals surface area (Å²) in [5.41, 5.74) is 0. The average molecular weight is 295 g/mol. The van der Waals surface area contributed by atoms with E-state index < -0.39 is 0 Å². The van der Waals surface area contributed by atoms with Gasteiger partial charge >= 0.3 is 0 Å². The second kappa shape index (κ2) is 7.75. The number of ether oxygens (including phenoxy) is 1. The number of carbonyl (C=O) groups is 2. The molecule has 0 bridgehead atoms. The van der Waals surface area contributed by atoms with E-state index in [2.05, 4.69) is 15.7 Å². The van der Waals surface area contributed by atoms with Crippen molar-refractivity contribution >= 4 is 17.6 Å². The molecule has 1 aliphatic heterocycles. The Bertz CT molecular complexity index is 482. The lowest BCUT2D eigenvalue weighted by Gasteiger charge is -2.26. The van der Waals surface area contributed by atoms with Crippen LogP contribution in [0, 0.1) is 0 Å². The second-order valence-electron chi connectivity index (χ2n) is 4.79. The predicted molar refractivity (Wildman–Crippen MR) is 76.8 cm³/mol. The topological polar surface area (TPSA) is 88.5 Å². The summed E-state index contributed by atoms with van der Waals surface area (Å²) >= 11 is 0. The van der Waals surface area contributed by atoms with Gasteiger partial charge in [0.25, 0.3) is 0 Å². The number of nitrogens with one attached hydrogen (secondary N) is 2.